The zero-order chi connectivity index (χ0) is 22.5. The van der Waals surface area contributed by atoms with Gasteiger partial charge in [0.2, 0.25) is 0 Å². The van der Waals surface area contributed by atoms with Gasteiger partial charge in [-0.2, -0.15) is 5.26 Å². The molecule has 1 aromatic heterocycles. The number of carbonyl (C=O) groups excluding carboxylic acids is 1. The number of ether oxygens (including phenoxy) is 1. The molecule has 2 heterocycles. The molecule has 0 spiro atoms. The standard InChI is InChI=1S/C24H24BrN5O2/c1-32-21-6-7-23(25)22(12-21)24(31)29-10-8-28(9-11-29)16-20-14-27-17-30(20)15-19-4-2-18(13-26)3-5-19/h2-7,12,14,17H,8-11,15-16H2,1H3. The third kappa shape index (κ3) is 5.01. The third-order valence-electron chi connectivity index (χ3n) is 5.68. The van der Waals surface area contributed by atoms with Crippen LogP contribution >= 0.6 is 15.9 Å². The smallest absolute Gasteiger partial charge is 0.255 e. The Bertz CT molecular complexity index is 1130. The highest BCUT2D eigenvalue weighted by atomic mass is 79.9. The summed E-state index contributed by atoms with van der Waals surface area (Å²) in [6.45, 7) is 4.44. The van der Waals surface area contributed by atoms with Gasteiger partial charge in [-0.25, -0.2) is 4.98 Å². The van der Waals surface area contributed by atoms with Crippen molar-refractivity contribution in [2.75, 3.05) is 33.3 Å². The summed E-state index contributed by atoms with van der Waals surface area (Å²) in [5.41, 5.74) is 3.54. The van der Waals surface area contributed by atoms with Crippen molar-refractivity contribution in [1.82, 2.24) is 19.4 Å². The van der Waals surface area contributed by atoms with Gasteiger partial charge in [0.15, 0.2) is 0 Å². The van der Waals surface area contributed by atoms with Crippen LogP contribution in [0.15, 0.2) is 59.5 Å². The monoisotopic (exact) mass is 493 g/mol. The van der Waals surface area contributed by atoms with E-state index < -0.39 is 0 Å². The van der Waals surface area contributed by atoms with Crippen LogP contribution in [0.1, 0.15) is 27.2 Å². The molecule has 1 amide bonds. The number of amides is 1. The summed E-state index contributed by atoms with van der Waals surface area (Å²) in [4.78, 5) is 21.6. The van der Waals surface area contributed by atoms with Crippen molar-refractivity contribution in [3.05, 3.63) is 81.8 Å². The van der Waals surface area contributed by atoms with Crippen molar-refractivity contribution in [2.45, 2.75) is 13.1 Å². The summed E-state index contributed by atoms with van der Waals surface area (Å²) < 4.78 is 8.17. The maximum Gasteiger partial charge on any atom is 0.255 e. The number of nitrogens with zero attached hydrogens (tertiary/aromatic N) is 5. The minimum absolute atomic E-state index is 0.0151. The number of carbonyl (C=O) groups is 1. The second-order valence-electron chi connectivity index (χ2n) is 7.74. The molecule has 2 aromatic carbocycles. The van der Waals surface area contributed by atoms with Gasteiger partial charge in [0.05, 0.1) is 36.3 Å². The van der Waals surface area contributed by atoms with E-state index in [0.717, 1.165) is 35.4 Å². The van der Waals surface area contributed by atoms with Crippen LogP contribution in [0.4, 0.5) is 0 Å². The molecule has 3 aromatic rings. The molecule has 1 aliphatic rings. The van der Waals surface area contributed by atoms with Crippen LogP contribution in [0, 0.1) is 11.3 Å². The molecule has 7 nitrogen and oxygen atoms in total. The van der Waals surface area contributed by atoms with E-state index in [1.54, 1.807) is 13.2 Å². The highest BCUT2D eigenvalue weighted by Crippen LogP contribution is 2.24. The minimum atomic E-state index is 0.0151. The fourth-order valence-corrected chi connectivity index (χ4v) is 4.22. The van der Waals surface area contributed by atoms with E-state index in [2.05, 4.69) is 36.5 Å². The summed E-state index contributed by atoms with van der Waals surface area (Å²) in [5.74, 6) is 0.687. The highest BCUT2D eigenvalue weighted by Gasteiger charge is 2.24. The molecule has 0 radical (unpaired) electrons. The number of imidazole rings is 1. The first-order valence-corrected chi connectivity index (χ1v) is 11.2. The van der Waals surface area contributed by atoms with E-state index in [1.807, 2.05) is 53.8 Å². The van der Waals surface area contributed by atoms with Gasteiger partial charge < -0.3 is 14.2 Å². The number of nitriles is 1. The number of piperazine rings is 1. The maximum atomic E-state index is 13.0. The fraction of sp³-hybridized carbons (Fsp3) is 0.292. The van der Waals surface area contributed by atoms with Crippen molar-refractivity contribution in [3.63, 3.8) is 0 Å². The topological polar surface area (TPSA) is 74.4 Å². The van der Waals surface area contributed by atoms with Crippen molar-refractivity contribution >= 4 is 21.8 Å². The molecule has 1 aliphatic heterocycles. The molecule has 4 rings (SSSR count). The van der Waals surface area contributed by atoms with Crippen LogP contribution < -0.4 is 4.74 Å². The zero-order valence-electron chi connectivity index (χ0n) is 17.9. The van der Waals surface area contributed by atoms with Crippen LogP contribution in [0.25, 0.3) is 0 Å². The Labute approximate surface area is 196 Å². The van der Waals surface area contributed by atoms with Crippen molar-refractivity contribution in [2.24, 2.45) is 0 Å². The van der Waals surface area contributed by atoms with Gasteiger partial charge in [-0.1, -0.05) is 12.1 Å². The molecule has 0 bridgehead atoms. The molecule has 164 valence electrons. The van der Waals surface area contributed by atoms with E-state index in [1.165, 1.54) is 0 Å². The fourth-order valence-electron chi connectivity index (χ4n) is 3.81. The molecule has 0 saturated carbocycles. The summed E-state index contributed by atoms with van der Waals surface area (Å²) in [6, 6.07) is 15.2. The van der Waals surface area contributed by atoms with Crippen LogP contribution in [0.5, 0.6) is 5.75 Å². The number of rotatable bonds is 6. The minimum Gasteiger partial charge on any atom is -0.497 e. The average Bonchev–Trinajstić information content (AvgIpc) is 3.26. The molecule has 32 heavy (non-hydrogen) atoms. The average molecular weight is 494 g/mol. The van der Waals surface area contributed by atoms with Gasteiger partial charge in [-0.05, 0) is 51.8 Å². The van der Waals surface area contributed by atoms with Gasteiger partial charge in [-0.15, -0.1) is 0 Å². The summed E-state index contributed by atoms with van der Waals surface area (Å²) in [6.07, 6.45) is 3.74. The van der Waals surface area contributed by atoms with Crippen LogP contribution in [-0.2, 0) is 13.1 Å². The Hall–Kier alpha value is -3.15. The first-order valence-electron chi connectivity index (χ1n) is 10.4. The molecular formula is C24H24BrN5O2. The van der Waals surface area contributed by atoms with Crippen molar-refractivity contribution in [3.8, 4) is 11.8 Å². The Morgan fingerprint density at radius 3 is 2.56 bits per heavy atom. The number of benzene rings is 2. The van der Waals surface area contributed by atoms with Crippen LogP contribution in [-0.4, -0.2) is 58.5 Å². The number of hydrogen-bond donors (Lipinski definition) is 0. The van der Waals surface area contributed by atoms with E-state index in [9.17, 15) is 4.79 Å². The Morgan fingerprint density at radius 1 is 1.12 bits per heavy atom. The third-order valence-corrected chi connectivity index (χ3v) is 6.38. The molecule has 1 saturated heterocycles. The van der Waals surface area contributed by atoms with E-state index in [0.29, 0.717) is 36.5 Å². The zero-order valence-corrected chi connectivity index (χ0v) is 19.5. The van der Waals surface area contributed by atoms with Crippen LogP contribution in [0.2, 0.25) is 0 Å². The van der Waals surface area contributed by atoms with E-state index in [4.69, 9.17) is 10.00 Å². The lowest BCUT2D eigenvalue weighted by Crippen LogP contribution is -2.48. The summed E-state index contributed by atoms with van der Waals surface area (Å²) in [5, 5.41) is 8.96. The first kappa shape index (κ1) is 22.1. The second kappa shape index (κ2) is 9.98. The Morgan fingerprint density at radius 2 is 1.88 bits per heavy atom. The van der Waals surface area contributed by atoms with Crippen LogP contribution in [0.3, 0.4) is 0 Å². The van der Waals surface area contributed by atoms with E-state index >= 15 is 0 Å². The molecule has 0 unspecified atom stereocenters. The van der Waals surface area contributed by atoms with Gasteiger partial charge >= 0.3 is 0 Å². The number of hydrogen-bond acceptors (Lipinski definition) is 5. The van der Waals surface area contributed by atoms with Crippen molar-refractivity contribution < 1.29 is 9.53 Å². The summed E-state index contributed by atoms with van der Waals surface area (Å²) >= 11 is 3.48. The molecule has 1 fully saturated rings. The summed E-state index contributed by atoms with van der Waals surface area (Å²) in [7, 11) is 1.60. The van der Waals surface area contributed by atoms with E-state index in [-0.39, 0.29) is 5.91 Å². The number of halogens is 1. The number of aromatic nitrogens is 2. The van der Waals surface area contributed by atoms with Gasteiger partial charge in [0.1, 0.15) is 5.75 Å². The quantitative estimate of drug-likeness (QED) is 0.524. The van der Waals surface area contributed by atoms with Gasteiger partial charge in [0, 0.05) is 49.9 Å². The maximum absolute atomic E-state index is 13.0. The molecule has 8 heteroatoms. The molecule has 0 N–H and O–H groups in total. The van der Waals surface area contributed by atoms with Crippen molar-refractivity contribution in [1.29, 1.82) is 5.26 Å². The second-order valence-corrected chi connectivity index (χ2v) is 8.59. The molecule has 0 atom stereocenters. The first-order chi connectivity index (χ1) is 15.6. The van der Waals surface area contributed by atoms with Gasteiger partial charge in [0.25, 0.3) is 5.91 Å². The lowest BCUT2D eigenvalue weighted by Gasteiger charge is -2.35. The number of methoxy groups -OCH3 is 1. The van der Waals surface area contributed by atoms with Gasteiger partial charge in [-0.3, -0.25) is 9.69 Å². The Balaban J connectivity index is 1.35. The normalized spacial score (nSPS) is 14.2. The lowest BCUT2D eigenvalue weighted by atomic mass is 10.1. The lowest BCUT2D eigenvalue weighted by molar-refractivity contribution is 0.0624. The molecular weight excluding hydrogens is 470 g/mol. The predicted octanol–water partition coefficient (Wildman–Crippen LogP) is 3.53. The predicted molar refractivity (Wildman–Crippen MR) is 124 cm³/mol. The largest absolute Gasteiger partial charge is 0.497 e. The Kier molecular flexibility index (Phi) is 6.88. The highest BCUT2D eigenvalue weighted by molar-refractivity contribution is 9.10. The SMILES string of the molecule is COc1ccc(Br)c(C(=O)N2CCN(Cc3cncn3Cc3ccc(C#N)cc3)CC2)c1. The molecule has 0 aliphatic carbocycles.